The molecule has 0 saturated heterocycles. The standard InChI is InChI=1S/C26H23FN4O2/c1-3-31-15-20-18(26(31)32)10-12-29-25(20)30-16(2)17-8-9-24(21(27)14-17)33-23-11-13-28-22-7-5-4-6-19(22)23/h4-14,16H,3,15H2,1-2H3,(H,29,30)/t16-/m0/s1. The maximum Gasteiger partial charge on any atom is 0.254 e. The number of pyridine rings is 2. The molecule has 1 atom stereocenters. The van der Waals surface area contributed by atoms with E-state index in [1.807, 2.05) is 44.2 Å². The van der Waals surface area contributed by atoms with Crippen LogP contribution in [0.3, 0.4) is 0 Å². The molecule has 7 heteroatoms. The monoisotopic (exact) mass is 442 g/mol. The van der Waals surface area contributed by atoms with E-state index in [0.29, 0.717) is 30.2 Å². The summed E-state index contributed by atoms with van der Waals surface area (Å²) in [6.07, 6.45) is 3.27. The van der Waals surface area contributed by atoms with Crippen molar-refractivity contribution >= 4 is 22.6 Å². The van der Waals surface area contributed by atoms with E-state index in [2.05, 4.69) is 15.3 Å². The van der Waals surface area contributed by atoms with Gasteiger partial charge in [-0.15, -0.1) is 0 Å². The van der Waals surface area contributed by atoms with Crippen LogP contribution in [0.25, 0.3) is 10.9 Å². The number of nitrogens with zero attached hydrogens (tertiary/aromatic N) is 3. The lowest BCUT2D eigenvalue weighted by atomic mass is 10.1. The summed E-state index contributed by atoms with van der Waals surface area (Å²) in [5.41, 5.74) is 3.07. The summed E-state index contributed by atoms with van der Waals surface area (Å²) >= 11 is 0. The summed E-state index contributed by atoms with van der Waals surface area (Å²) in [4.78, 5) is 23.0. The van der Waals surface area contributed by atoms with Crippen molar-refractivity contribution in [1.82, 2.24) is 14.9 Å². The van der Waals surface area contributed by atoms with Gasteiger partial charge in [0.2, 0.25) is 0 Å². The number of ether oxygens (including phenoxy) is 1. The minimum Gasteiger partial charge on any atom is -0.454 e. The molecule has 0 aliphatic carbocycles. The number of para-hydroxylation sites is 1. The lowest BCUT2D eigenvalue weighted by molar-refractivity contribution is 0.0787. The van der Waals surface area contributed by atoms with Gasteiger partial charge >= 0.3 is 0 Å². The molecule has 0 fully saturated rings. The van der Waals surface area contributed by atoms with Crippen LogP contribution in [0.5, 0.6) is 11.5 Å². The molecule has 1 aliphatic heterocycles. The number of anilines is 1. The molecule has 4 aromatic rings. The number of benzene rings is 2. The van der Waals surface area contributed by atoms with E-state index >= 15 is 0 Å². The van der Waals surface area contributed by atoms with E-state index in [-0.39, 0.29) is 17.7 Å². The first-order chi connectivity index (χ1) is 16.0. The largest absolute Gasteiger partial charge is 0.454 e. The molecule has 0 unspecified atom stereocenters. The zero-order valence-electron chi connectivity index (χ0n) is 18.4. The van der Waals surface area contributed by atoms with Gasteiger partial charge in [0.1, 0.15) is 11.6 Å². The molecule has 166 valence electrons. The van der Waals surface area contributed by atoms with Crippen molar-refractivity contribution in [3.8, 4) is 11.5 Å². The number of fused-ring (bicyclic) bond motifs is 2. The summed E-state index contributed by atoms with van der Waals surface area (Å²) in [6, 6.07) is 15.7. The minimum absolute atomic E-state index is 0.0155. The van der Waals surface area contributed by atoms with Gasteiger partial charge < -0.3 is 15.0 Å². The minimum atomic E-state index is -0.458. The Morgan fingerprint density at radius 2 is 1.91 bits per heavy atom. The topological polar surface area (TPSA) is 67.3 Å². The quantitative estimate of drug-likeness (QED) is 0.414. The third-order valence-electron chi connectivity index (χ3n) is 5.94. The third-order valence-corrected chi connectivity index (χ3v) is 5.94. The van der Waals surface area contributed by atoms with Crippen molar-refractivity contribution in [2.24, 2.45) is 0 Å². The first kappa shape index (κ1) is 20.9. The molecule has 3 heterocycles. The zero-order chi connectivity index (χ0) is 22.9. The average molecular weight is 442 g/mol. The van der Waals surface area contributed by atoms with Gasteiger partial charge in [0.25, 0.3) is 5.91 Å². The van der Waals surface area contributed by atoms with Crippen LogP contribution in [0, 0.1) is 5.82 Å². The number of carbonyl (C=O) groups excluding carboxylic acids is 1. The molecule has 0 saturated carbocycles. The molecule has 6 nitrogen and oxygen atoms in total. The van der Waals surface area contributed by atoms with Gasteiger partial charge in [0.05, 0.1) is 18.1 Å². The van der Waals surface area contributed by atoms with Crippen LogP contribution >= 0.6 is 0 Å². The molecular weight excluding hydrogens is 419 g/mol. The molecule has 2 aromatic carbocycles. The first-order valence-electron chi connectivity index (χ1n) is 10.9. The second-order valence-corrected chi connectivity index (χ2v) is 7.99. The SMILES string of the molecule is CCN1Cc2c(ccnc2N[C@@H](C)c2ccc(Oc3ccnc4ccccc34)c(F)c2)C1=O. The molecule has 0 radical (unpaired) electrons. The molecule has 1 N–H and O–H groups in total. The van der Waals surface area contributed by atoms with Crippen LogP contribution in [0.1, 0.15) is 41.4 Å². The van der Waals surface area contributed by atoms with E-state index in [0.717, 1.165) is 22.0 Å². The number of aromatic nitrogens is 2. The Labute approximate surface area is 191 Å². The summed E-state index contributed by atoms with van der Waals surface area (Å²) in [5.74, 6) is 0.897. The fraction of sp³-hybridized carbons (Fsp3) is 0.192. The number of rotatable bonds is 6. The van der Waals surface area contributed by atoms with Crippen LogP contribution in [-0.2, 0) is 6.54 Å². The van der Waals surface area contributed by atoms with Crippen molar-refractivity contribution in [3.05, 3.63) is 89.5 Å². The van der Waals surface area contributed by atoms with Crippen LogP contribution in [-0.4, -0.2) is 27.3 Å². The zero-order valence-corrected chi connectivity index (χ0v) is 18.4. The average Bonchev–Trinajstić information content (AvgIpc) is 3.17. The van der Waals surface area contributed by atoms with Crippen LogP contribution in [0.2, 0.25) is 0 Å². The summed E-state index contributed by atoms with van der Waals surface area (Å²) < 4.78 is 20.8. The summed E-state index contributed by atoms with van der Waals surface area (Å²) in [6.45, 7) is 5.05. The molecule has 0 spiro atoms. The lowest BCUT2D eigenvalue weighted by Crippen LogP contribution is -2.22. The first-order valence-corrected chi connectivity index (χ1v) is 10.9. The van der Waals surface area contributed by atoms with Crippen LogP contribution in [0.15, 0.2) is 67.0 Å². The van der Waals surface area contributed by atoms with Crippen LogP contribution < -0.4 is 10.1 Å². The van der Waals surface area contributed by atoms with E-state index < -0.39 is 5.82 Å². The summed E-state index contributed by atoms with van der Waals surface area (Å²) in [7, 11) is 0. The number of hydrogen-bond acceptors (Lipinski definition) is 5. The Kier molecular flexibility index (Phi) is 5.38. The Bertz CT molecular complexity index is 1350. The number of halogens is 1. The second kappa shape index (κ2) is 8.50. The van der Waals surface area contributed by atoms with Crippen molar-refractivity contribution in [2.45, 2.75) is 26.4 Å². The predicted molar refractivity (Wildman–Crippen MR) is 125 cm³/mol. The number of amides is 1. The fourth-order valence-corrected chi connectivity index (χ4v) is 4.10. The highest BCUT2D eigenvalue weighted by atomic mass is 19.1. The Morgan fingerprint density at radius 3 is 2.73 bits per heavy atom. The molecule has 1 aliphatic rings. The highest BCUT2D eigenvalue weighted by Gasteiger charge is 2.29. The van der Waals surface area contributed by atoms with Crippen molar-refractivity contribution in [1.29, 1.82) is 0 Å². The van der Waals surface area contributed by atoms with Gasteiger partial charge in [-0.3, -0.25) is 9.78 Å². The Morgan fingerprint density at radius 1 is 1.09 bits per heavy atom. The number of hydrogen-bond donors (Lipinski definition) is 1. The van der Waals surface area contributed by atoms with Gasteiger partial charge in [0, 0.05) is 35.5 Å². The second-order valence-electron chi connectivity index (χ2n) is 7.99. The molecular formula is C26H23FN4O2. The van der Waals surface area contributed by atoms with Gasteiger partial charge in [-0.05, 0) is 55.8 Å². The van der Waals surface area contributed by atoms with Crippen LogP contribution in [0.4, 0.5) is 10.2 Å². The maximum absolute atomic E-state index is 15.0. The smallest absolute Gasteiger partial charge is 0.254 e. The molecule has 0 bridgehead atoms. The van der Waals surface area contributed by atoms with E-state index in [1.54, 1.807) is 35.5 Å². The van der Waals surface area contributed by atoms with E-state index in [4.69, 9.17) is 4.74 Å². The lowest BCUT2D eigenvalue weighted by Gasteiger charge is -2.18. The van der Waals surface area contributed by atoms with E-state index in [1.165, 1.54) is 6.07 Å². The Hall–Kier alpha value is -4.00. The fourth-order valence-electron chi connectivity index (χ4n) is 4.10. The highest BCUT2D eigenvalue weighted by molar-refractivity contribution is 5.99. The normalized spacial score (nSPS) is 13.8. The predicted octanol–water partition coefficient (Wildman–Crippen LogP) is 5.71. The van der Waals surface area contributed by atoms with Gasteiger partial charge in [0.15, 0.2) is 11.6 Å². The van der Waals surface area contributed by atoms with Crippen molar-refractivity contribution in [2.75, 3.05) is 11.9 Å². The van der Waals surface area contributed by atoms with Gasteiger partial charge in [-0.25, -0.2) is 9.37 Å². The van der Waals surface area contributed by atoms with E-state index in [9.17, 15) is 9.18 Å². The van der Waals surface area contributed by atoms with Gasteiger partial charge in [-0.2, -0.15) is 0 Å². The highest BCUT2D eigenvalue weighted by Crippen LogP contribution is 2.33. The van der Waals surface area contributed by atoms with Crippen molar-refractivity contribution in [3.63, 3.8) is 0 Å². The molecule has 1 amide bonds. The number of nitrogens with one attached hydrogen (secondary N) is 1. The summed E-state index contributed by atoms with van der Waals surface area (Å²) in [5, 5.41) is 4.16. The third kappa shape index (κ3) is 3.86. The van der Waals surface area contributed by atoms with Gasteiger partial charge in [-0.1, -0.05) is 18.2 Å². The molecule has 33 heavy (non-hydrogen) atoms. The molecule has 5 rings (SSSR count). The van der Waals surface area contributed by atoms with Crippen molar-refractivity contribution < 1.29 is 13.9 Å². The molecule has 2 aromatic heterocycles. The maximum atomic E-state index is 15.0. The Balaban J connectivity index is 1.37. The number of carbonyl (C=O) groups is 1.